The first-order chi connectivity index (χ1) is 13.4. The minimum Gasteiger partial charge on any atom is -0.491 e. The van der Waals surface area contributed by atoms with Crippen LogP contribution >= 0.6 is 15.9 Å². The molecule has 0 radical (unpaired) electrons. The maximum atomic E-state index is 6.19. The minimum atomic E-state index is 0.747. The predicted molar refractivity (Wildman–Crippen MR) is 119 cm³/mol. The van der Waals surface area contributed by atoms with E-state index in [-0.39, 0.29) is 0 Å². The van der Waals surface area contributed by atoms with Gasteiger partial charge in [-0.2, -0.15) is 0 Å². The Balaban J connectivity index is 1.83. The third-order valence-corrected chi connectivity index (χ3v) is 4.98. The van der Waals surface area contributed by atoms with Crippen molar-refractivity contribution in [1.29, 1.82) is 0 Å². The zero-order chi connectivity index (χ0) is 18.7. The highest BCUT2D eigenvalue weighted by molar-refractivity contribution is 9.09. The Kier molecular flexibility index (Phi) is 7.79. The van der Waals surface area contributed by atoms with E-state index in [1.54, 1.807) is 0 Å². The first-order valence-electron chi connectivity index (χ1n) is 9.58. The molecule has 3 heteroatoms. The molecule has 0 spiro atoms. The van der Waals surface area contributed by atoms with E-state index < -0.39 is 0 Å². The summed E-state index contributed by atoms with van der Waals surface area (Å²) >= 11 is 3.49. The van der Waals surface area contributed by atoms with Gasteiger partial charge < -0.3 is 9.64 Å². The lowest BCUT2D eigenvalue weighted by molar-refractivity contribution is 0.306. The predicted octanol–water partition coefficient (Wildman–Crippen LogP) is 7.49. The van der Waals surface area contributed by atoms with Crippen LogP contribution < -0.4 is 9.64 Å². The number of ether oxygens (including phenoxy) is 1. The van der Waals surface area contributed by atoms with Crippen LogP contribution in [0, 0.1) is 0 Å². The first kappa shape index (κ1) is 19.5. The summed E-state index contributed by atoms with van der Waals surface area (Å²) in [5.41, 5.74) is 3.31. The van der Waals surface area contributed by atoms with Crippen molar-refractivity contribution >= 4 is 33.0 Å². The highest BCUT2D eigenvalue weighted by Gasteiger charge is 2.16. The molecule has 0 bridgehead atoms. The van der Waals surface area contributed by atoms with Gasteiger partial charge in [-0.3, -0.25) is 0 Å². The van der Waals surface area contributed by atoms with Gasteiger partial charge in [-0.05, 0) is 49.2 Å². The van der Waals surface area contributed by atoms with Gasteiger partial charge >= 0.3 is 0 Å². The maximum Gasteiger partial charge on any atom is 0.143 e. The quantitative estimate of drug-likeness (QED) is 0.247. The lowest BCUT2D eigenvalue weighted by Gasteiger charge is -2.27. The summed E-state index contributed by atoms with van der Waals surface area (Å²) in [6.45, 7) is 0.747. The van der Waals surface area contributed by atoms with Crippen LogP contribution in [0.1, 0.15) is 25.7 Å². The van der Waals surface area contributed by atoms with E-state index in [2.05, 4.69) is 87.6 Å². The van der Waals surface area contributed by atoms with Gasteiger partial charge in [0.2, 0.25) is 0 Å². The van der Waals surface area contributed by atoms with E-state index in [9.17, 15) is 0 Å². The molecule has 0 aliphatic heterocycles. The Bertz CT molecular complexity index is 752. The average Bonchev–Trinajstić information content (AvgIpc) is 2.73. The standard InChI is InChI=1S/C24H26BrNO/c25-19-11-1-2-12-20-27-24-18-10-9-17-23(24)26(21-13-5-3-6-14-21)22-15-7-4-8-16-22/h3-10,13-18H,1-2,11-12,19-20H2. The normalized spacial score (nSPS) is 10.6. The summed E-state index contributed by atoms with van der Waals surface area (Å²) in [7, 11) is 0. The van der Waals surface area contributed by atoms with E-state index in [0.29, 0.717) is 0 Å². The van der Waals surface area contributed by atoms with E-state index in [1.165, 1.54) is 19.3 Å². The zero-order valence-corrected chi connectivity index (χ0v) is 17.1. The molecule has 3 aromatic rings. The molecule has 0 saturated carbocycles. The van der Waals surface area contributed by atoms with Gasteiger partial charge in [0, 0.05) is 16.7 Å². The maximum absolute atomic E-state index is 6.19. The molecule has 0 aliphatic rings. The summed E-state index contributed by atoms with van der Waals surface area (Å²) in [5, 5.41) is 1.08. The Morgan fingerprint density at radius 3 is 1.81 bits per heavy atom. The SMILES string of the molecule is BrCCCCCCOc1ccccc1N(c1ccccc1)c1ccccc1. The molecule has 0 saturated heterocycles. The second-order valence-corrected chi connectivity index (χ2v) is 7.22. The van der Waals surface area contributed by atoms with Gasteiger partial charge in [0.25, 0.3) is 0 Å². The van der Waals surface area contributed by atoms with Crippen LogP contribution in [0.2, 0.25) is 0 Å². The topological polar surface area (TPSA) is 12.5 Å². The number of unbranched alkanes of at least 4 members (excludes halogenated alkanes) is 3. The van der Waals surface area contributed by atoms with Crippen molar-refractivity contribution in [3.63, 3.8) is 0 Å². The number of benzene rings is 3. The Hall–Kier alpha value is -2.26. The summed E-state index contributed by atoms with van der Waals surface area (Å²) in [4.78, 5) is 2.25. The largest absolute Gasteiger partial charge is 0.491 e. The smallest absolute Gasteiger partial charge is 0.143 e. The average molecular weight is 424 g/mol. The number of anilines is 3. The molecule has 0 aromatic heterocycles. The van der Waals surface area contributed by atoms with Crippen LogP contribution in [0.15, 0.2) is 84.9 Å². The first-order valence-corrected chi connectivity index (χ1v) is 10.7. The van der Waals surface area contributed by atoms with Crippen molar-refractivity contribution < 1.29 is 4.74 Å². The molecule has 140 valence electrons. The van der Waals surface area contributed by atoms with Crippen molar-refractivity contribution in [2.24, 2.45) is 0 Å². The number of nitrogens with zero attached hydrogens (tertiary/aromatic N) is 1. The number of hydrogen-bond acceptors (Lipinski definition) is 2. The fourth-order valence-electron chi connectivity index (χ4n) is 3.08. The second kappa shape index (κ2) is 10.8. The molecule has 3 aromatic carbocycles. The van der Waals surface area contributed by atoms with Crippen LogP contribution in [0.5, 0.6) is 5.75 Å². The Morgan fingerprint density at radius 1 is 0.630 bits per heavy atom. The van der Waals surface area contributed by atoms with Crippen LogP contribution in [0.3, 0.4) is 0 Å². The van der Waals surface area contributed by atoms with E-state index >= 15 is 0 Å². The third-order valence-electron chi connectivity index (χ3n) is 4.42. The number of para-hydroxylation sites is 4. The summed E-state index contributed by atoms with van der Waals surface area (Å²) < 4.78 is 6.19. The molecular formula is C24H26BrNO. The van der Waals surface area contributed by atoms with Crippen LogP contribution in [-0.2, 0) is 0 Å². The summed E-state index contributed by atoms with van der Waals surface area (Å²) in [5.74, 6) is 0.922. The third kappa shape index (κ3) is 5.61. The molecule has 2 nitrogen and oxygen atoms in total. The van der Waals surface area contributed by atoms with E-state index in [1.807, 2.05) is 18.2 Å². The number of rotatable bonds is 10. The fourth-order valence-corrected chi connectivity index (χ4v) is 3.47. The van der Waals surface area contributed by atoms with Crippen LogP contribution in [0.25, 0.3) is 0 Å². The number of hydrogen-bond donors (Lipinski definition) is 0. The molecule has 0 fully saturated rings. The van der Waals surface area contributed by atoms with Crippen LogP contribution in [-0.4, -0.2) is 11.9 Å². The van der Waals surface area contributed by atoms with Crippen LogP contribution in [0.4, 0.5) is 17.1 Å². The molecule has 0 amide bonds. The Labute approximate surface area is 170 Å². The molecule has 0 N–H and O–H groups in total. The summed E-state index contributed by atoms with van der Waals surface area (Å²) in [6, 6.07) is 29.2. The summed E-state index contributed by atoms with van der Waals surface area (Å²) in [6.07, 6.45) is 4.76. The van der Waals surface area contributed by atoms with Gasteiger partial charge in [-0.15, -0.1) is 0 Å². The number of halogens is 1. The number of alkyl halides is 1. The van der Waals surface area contributed by atoms with Crippen molar-refractivity contribution in [2.45, 2.75) is 25.7 Å². The molecule has 27 heavy (non-hydrogen) atoms. The van der Waals surface area contributed by atoms with Gasteiger partial charge in [0.05, 0.1) is 12.3 Å². The molecule has 0 atom stereocenters. The lowest BCUT2D eigenvalue weighted by Crippen LogP contribution is -2.11. The van der Waals surface area contributed by atoms with Gasteiger partial charge in [0.1, 0.15) is 5.75 Å². The van der Waals surface area contributed by atoms with Crippen molar-refractivity contribution in [3.05, 3.63) is 84.9 Å². The van der Waals surface area contributed by atoms with Gasteiger partial charge in [0.15, 0.2) is 0 Å². The molecular weight excluding hydrogens is 398 g/mol. The minimum absolute atomic E-state index is 0.747. The van der Waals surface area contributed by atoms with E-state index in [4.69, 9.17) is 4.74 Å². The molecule has 3 rings (SSSR count). The van der Waals surface area contributed by atoms with Crippen molar-refractivity contribution in [1.82, 2.24) is 0 Å². The van der Waals surface area contributed by atoms with Crippen molar-refractivity contribution in [2.75, 3.05) is 16.8 Å². The van der Waals surface area contributed by atoms with E-state index in [0.717, 1.165) is 41.2 Å². The van der Waals surface area contributed by atoms with Crippen molar-refractivity contribution in [3.8, 4) is 5.75 Å². The van der Waals surface area contributed by atoms with Gasteiger partial charge in [-0.25, -0.2) is 0 Å². The molecule has 0 unspecified atom stereocenters. The molecule has 0 aliphatic carbocycles. The van der Waals surface area contributed by atoms with Gasteiger partial charge in [-0.1, -0.05) is 77.3 Å². The Morgan fingerprint density at radius 2 is 1.19 bits per heavy atom. The molecule has 0 heterocycles. The highest BCUT2D eigenvalue weighted by atomic mass is 79.9. The lowest BCUT2D eigenvalue weighted by atomic mass is 10.2. The highest BCUT2D eigenvalue weighted by Crippen LogP contribution is 2.39. The monoisotopic (exact) mass is 423 g/mol. The zero-order valence-electron chi connectivity index (χ0n) is 15.6. The fraction of sp³-hybridized carbons (Fsp3) is 0.250. The second-order valence-electron chi connectivity index (χ2n) is 6.43.